The molecule has 0 bridgehead atoms. The van der Waals surface area contributed by atoms with Crippen LogP contribution >= 0.6 is 11.3 Å². The number of rotatable bonds is 12. The van der Waals surface area contributed by atoms with Gasteiger partial charge in [-0.05, 0) is 132 Å². The highest BCUT2D eigenvalue weighted by atomic mass is 32.1. The van der Waals surface area contributed by atoms with Crippen molar-refractivity contribution < 1.29 is 9.13 Å². The highest BCUT2D eigenvalue weighted by Crippen LogP contribution is 2.47. The van der Waals surface area contributed by atoms with Crippen LogP contribution < -0.4 is 9.13 Å². The van der Waals surface area contributed by atoms with Gasteiger partial charge >= 0.3 is 0 Å². The molecule has 5 heteroatoms. The molecule has 4 nitrogen and oxygen atoms in total. The zero-order valence-corrected chi connectivity index (χ0v) is 48.2. The average Bonchev–Trinajstić information content (AvgIpc) is 4.26. The van der Waals surface area contributed by atoms with Crippen molar-refractivity contribution in [2.24, 2.45) is 0 Å². The molecule has 386 valence electrons. The van der Waals surface area contributed by atoms with Crippen LogP contribution in [0, 0.1) is 0 Å². The Balaban J connectivity index is 0.000000563. The maximum absolute atomic E-state index is 2.55. The standard InChI is InChI=1S/C59H64N4S.C8H10.C3H8/c1-11-40-30-41(12-2)32-43(31-40)44-33-48(36(3)4)55(49(34-44)37(5)6)60-26-29-63-58(60)45-22-16-17-23-46(45)59(63)62-28-27-61(57(62)42-20-14-13-15-21-42)56-50(38(7)8)35-52-54(53(56)39(9)10)47-24-18-19-25-51(47)64-52;1-2-8-6-4-3-5-7-8;1-3-2/h13-18,20-24,26-39,59H,11-12,19,25H2,1-10H3;3-7H,2H2,1H3;3H2,1-2H3/q+2;;/t59-;;/m0../s1. The summed E-state index contributed by atoms with van der Waals surface area (Å²) in [6, 6.07) is 45.4. The molecule has 2 aliphatic rings. The molecule has 3 aromatic heterocycles. The monoisotopic (exact) mass is 1010 g/mol. The van der Waals surface area contributed by atoms with Gasteiger partial charge in [-0.3, -0.25) is 0 Å². The Bertz CT molecular complexity index is 3400. The number of fused-ring (bicyclic) bond motifs is 6. The Morgan fingerprint density at radius 3 is 1.61 bits per heavy atom. The third kappa shape index (κ3) is 10.3. The van der Waals surface area contributed by atoms with E-state index in [1.807, 2.05) is 17.4 Å². The number of aromatic nitrogens is 4. The summed E-state index contributed by atoms with van der Waals surface area (Å²) in [6.07, 6.45) is 20.8. The van der Waals surface area contributed by atoms with Crippen molar-refractivity contribution in [3.8, 4) is 45.3 Å². The van der Waals surface area contributed by atoms with Crippen molar-refractivity contribution in [3.05, 3.63) is 207 Å². The lowest BCUT2D eigenvalue weighted by atomic mass is 9.87. The van der Waals surface area contributed by atoms with E-state index < -0.39 is 0 Å². The molecule has 1 aliphatic heterocycles. The minimum absolute atomic E-state index is 0.0944. The highest BCUT2D eigenvalue weighted by molar-refractivity contribution is 7.19. The molecule has 0 amide bonds. The van der Waals surface area contributed by atoms with Crippen LogP contribution in [0.4, 0.5) is 0 Å². The van der Waals surface area contributed by atoms with Gasteiger partial charge in [0, 0.05) is 37.2 Å². The second-order valence-electron chi connectivity index (χ2n) is 22.0. The molecule has 0 N–H and O–H groups in total. The van der Waals surface area contributed by atoms with Gasteiger partial charge in [0.05, 0.1) is 16.7 Å². The fourth-order valence-corrected chi connectivity index (χ4v) is 12.8. The molecular formula is C70H82N4S+2. The lowest BCUT2D eigenvalue weighted by Crippen LogP contribution is -2.56. The Morgan fingerprint density at radius 1 is 0.533 bits per heavy atom. The van der Waals surface area contributed by atoms with Crippen LogP contribution in [0.15, 0.2) is 152 Å². The summed E-state index contributed by atoms with van der Waals surface area (Å²) in [5, 5.41) is 1.45. The lowest BCUT2D eigenvalue weighted by Gasteiger charge is -2.21. The summed E-state index contributed by atoms with van der Waals surface area (Å²) in [5.41, 5.74) is 20.4. The van der Waals surface area contributed by atoms with E-state index in [1.165, 1.54) is 117 Å². The SMILES string of the molecule is CCC.CCc1cc(CC)cc(-c2cc(C(C)C)c(-n3cc[n+]4c3-c3ccccc3[C@H]4[n+]3ccn(-c4c(C(C)C)cc5sc6c(c5c4C(C)C)C=CCC6)c3-c3ccccc3)c(C(C)C)c2)c1.CCc1ccccc1. The van der Waals surface area contributed by atoms with E-state index in [4.69, 9.17) is 0 Å². The molecule has 6 aromatic carbocycles. The van der Waals surface area contributed by atoms with Crippen LogP contribution in [0.25, 0.3) is 61.4 Å². The van der Waals surface area contributed by atoms with Gasteiger partial charge in [-0.25, -0.2) is 0 Å². The molecule has 1 atom stereocenters. The van der Waals surface area contributed by atoms with Crippen LogP contribution in [0.2, 0.25) is 0 Å². The van der Waals surface area contributed by atoms with Gasteiger partial charge in [-0.15, -0.1) is 11.3 Å². The number of nitrogens with zero attached hydrogens (tertiary/aromatic N) is 4. The van der Waals surface area contributed by atoms with Gasteiger partial charge in [0.2, 0.25) is 0 Å². The fraction of sp³-hybridized carbons (Fsp3) is 0.343. The largest absolute Gasteiger partial charge is 0.298 e. The number of hydrogen-bond donors (Lipinski definition) is 0. The number of imidazole rings is 2. The molecule has 0 fully saturated rings. The predicted octanol–water partition coefficient (Wildman–Crippen LogP) is 18.7. The van der Waals surface area contributed by atoms with Crippen molar-refractivity contribution in [1.82, 2.24) is 9.13 Å². The molecule has 4 heterocycles. The van der Waals surface area contributed by atoms with E-state index >= 15 is 0 Å². The summed E-state index contributed by atoms with van der Waals surface area (Å²) in [7, 11) is 0. The second-order valence-corrected chi connectivity index (χ2v) is 23.2. The highest BCUT2D eigenvalue weighted by Gasteiger charge is 2.45. The molecule has 1 aliphatic carbocycles. The normalized spacial score (nSPS) is 13.5. The lowest BCUT2D eigenvalue weighted by molar-refractivity contribution is -0.920. The Hall–Kier alpha value is -6.56. The molecule has 11 rings (SSSR count). The van der Waals surface area contributed by atoms with E-state index in [-0.39, 0.29) is 6.17 Å². The molecule has 0 saturated heterocycles. The van der Waals surface area contributed by atoms with Crippen LogP contribution in [0.5, 0.6) is 0 Å². The maximum atomic E-state index is 2.55. The smallest absolute Gasteiger partial charge is 0.195 e. The summed E-state index contributed by atoms with van der Waals surface area (Å²) in [5.74, 6) is 3.72. The number of benzene rings is 6. The first-order chi connectivity index (χ1) is 36.3. The van der Waals surface area contributed by atoms with Gasteiger partial charge < -0.3 is 0 Å². The van der Waals surface area contributed by atoms with Crippen molar-refractivity contribution in [1.29, 1.82) is 0 Å². The van der Waals surface area contributed by atoms with Gasteiger partial charge in [0.1, 0.15) is 36.2 Å². The quantitative estimate of drug-likeness (QED) is 0.109. The van der Waals surface area contributed by atoms with E-state index in [0.717, 1.165) is 32.1 Å². The molecular weight excluding hydrogens is 929 g/mol. The molecule has 75 heavy (non-hydrogen) atoms. The molecule has 0 saturated carbocycles. The number of aryl methyl sites for hydroxylation is 4. The van der Waals surface area contributed by atoms with Crippen molar-refractivity contribution >= 4 is 27.5 Å². The van der Waals surface area contributed by atoms with Gasteiger partial charge in [-0.2, -0.15) is 18.3 Å². The van der Waals surface area contributed by atoms with E-state index in [1.54, 1.807) is 0 Å². The molecule has 0 spiro atoms. The van der Waals surface area contributed by atoms with E-state index in [2.05, 4.69) is 260 Å². The van der Waals surface area contributed by atoms with E-state index in [9.17, 15) is 0 Å². The maximum Gasteiger partial charge on any atom is 0.298 e. The van der Waals surface area contributed by atoms with Crippen LogP contribution in [0.1, 0.15) is 188 Å². The number of allylic oxidation sites excluding steroid dienone is 1. The summed E-state index contributed by atoms with van der Waals surface area (Å²) >= 11 is 2.01. The van der Waals surface area contributed by atoms with Gasteiger partial charge in [-0.1, -0.05) is 187 Å². The Morgan fingerprint density at radius 2 is 1.05 bits per heavy atom. The van der Waals surface area contributed by atoms with Crippen molar-refractivity contribution in [2.75, 3.05) is 0 Å². The molecule has 9 aromatic rings. The third-order valence-electron chi connectivity index (χ3n) is 15.2. The fourth-order valence-electron chi connectivity index (χ4n) is 11.5. The minimum atomic E-state index is -0.0944. The van der Waals surface area contributed by atoms with Crippen LogP contribution in [-0.4, -0.2) is 9.13 Å². The molecule has 0 unspecified atom stereocenters. The predicted molar refractivity (Wildman–Crippen MR) is 321 cm³/mol. The van der Waals surface area contributed by atoms with Crippen LogP contribution in [-0.2, 0) is 25.7 Å². The number of thiophene rings is 1. The first-order valence-corrected chi connectivity index (χ1v) is 29.2. The third-order valence-corrected chi connectivity index (χ3v) is 16.5. The van der Waals surface area contributed by atoms with Gasteiger partial charge in [0.25, 0.3) is 17.8 Å². The number of hydrogen-bond acceptors (Lipinski definition) is 1. The average molecular weight is 1010 g/mol. The van der Waals surface area contributed by atoms with Gasteiger partial charge in [0.15, 0.2) is 0 Å². The summed E-state index contributed by atoms with van der Waals surface area (Å²) in [4.78, 5) is 1.53. The second kappa shape index (κ2) is 23.1. The van der Waals surface area contributed by atoms with Crippen molar-refractivity contribution in [3.63, 3.8) is 0 Å². The zero-order valence-electron chi connectivity index (χ0n) is 47.3. The van der Waals surface area contributed by atoms with Crippen LogP contribution in [0.3, 0.4) is 0 Å². The topological polar surface area (TPSA) is 17.6 Å². The van der Waals surface area contributed by atoms with Crippen molar-refractivity contribution in [2.45, 2.75) is 158 Å². The Labute approximate surface area is 454 Å². The first-order valence-electron chi connectivity index (χ1n) is 28.4. The summed E-state index contributed by atoms with van der Waals surface area (Å²) in [6.45, 7) is 29.9. The molecule has 0 radical (unpaired) electrons. The van der Waals surface area contributed by atoms with E-state index in [0.29, 0.717) is 23.7 Å². The Kier molecular flexibility index (Phi) is 16.4. The minimum Gasteiger partial charge on any atom is -0.195 e. The first kappa shape index (κ1) is 53.3. The zero-order chi connectivity index (χ0) is 53.1. The summed E-state index contributed by atoms with van der Waals surface area (Å²) < 4.78 is 11.6.